The summed E-state index contributed by atoms with van der Waals surface area (Å²) in [5.41, 5.74) is -0.495. The van der Waals surface area contributed by atoms with E-state index in [0.717, 1.165) is 6.07 Å². The molecule has 10 heteroatoms. The molecule has 5 nitrogen and oxygen atoms in total. The average Bonchev–Trinajstić information content (AvgIpc) is 3.15. The van der Waals surface area contributed by atoms with Gasteiger partial charge in [0.1, 0.15) is 10.6 Å². The molecule has 0 amide bonds. The van der Waals surface area contributed by atoms with E-state index in [4.69, 9.17) is 16.3 Å². The van der Waals surface area contributed by atoms with Crippen molar-refractivity contribution < 1.29 is 26.3 Å². The lowest BCUT2D eigenvalue weighted by molar-refractivity contribution is -0.138. The van der Waals surface area contributed by atoms with Gasteiger partial charge in [0.05, 0.1) is 12.7 Å². The van der Waals surface area contributed by atoms with Crippen LogP contribution in [0.15, 0.2) is 47.4 Å². The number of likely N-dealkylation sites (N-methyl/N-ethyl adjacent to an activating group) is 1. The van der Waals surface area contributed by atoms with E-state index in [2.05, 4.69) is 0 Å². The summed E-state index contributed by atoms with van der Waals surface area (Å²) in [7, 11) is -1.06. The molecule has 3 rings (SSSR count). The Morgan fingerprint density at radius 1 is 1.23 bits per heavy atom. The van der Waals surface area contributed by atoms with Crippen molar-refractivity contribution in [3.8, 4) is 5.75 Å². The van der Waals surface area contributed by atoms with Crippen molar-refractivity contribution in [2.75, 3.05) is 27.2 Å². The van der Waals surface area contributed by atoms with Gasteiger partial charge >= 0.3 is 6.18 Å². The number of halogens is 4. The van der Waals surface area contributed by atoms with Gasteiger partial charge in [0, 0.05) is 37.7 Å². The molecule has 1 atom stereocenters. The van der Waals surface area contributed by atoms with Crippen LogP contribution in [-0.2, 0) is 22.7 Å². The third-order valence-electron chi connectivity index (χ3n) is 5.26. The van der Waals surface area contributed by atoms with Gasteiger partial charge in [0.2, 0.25) is 10.0 Å². The van der Waals surface area contributed by atoms with Crippen molar-refractivity contribution >= 4 is 21.6 Å². The zero-order valence-corrected chi connectivity index (χ0v) is 18.1. The maximum Gasteiger partial charge on any atom is 0.416 e. The average molecular weight is 463 g/mol. The van der Waals surface area contributed by atoms with Gasteiger partial charge in [-0.15, -0.1) is 0 Å². The van der Waals surface area contributed by atoms with E-state index in [1.807, 2.05) is 4.90 Å². The quantitative estimate of drug-likeness (QED) is 0.643. The van der Waals surface area contributed by atoms with Crippen LogP contribution in [0.5, 0.6) is 5.75 Å². The van der Waals surface area contributed by atoms with E-state index in [-0.39, 0.29) is 33.8 Å². The fourth-order valence-electron chi connectivity index (χ4n) is 3.63. The van der Waals surface area contributed by atoms with Crippen LogP contribution in [0.2, 0.25) is 5.02 Å². The van der Waals surface area contributed by atoms with E-state index in [0.29, 0.717) is 19.5 Å². The molecule has 0 aromatic heterocycles. The Kier molecular flexibility index (Phi) is 6.66. The number of methoxy groups -OCH3 is 1. The molecule has 30 heavy (non-hydrogen) atoms. The highest BCUT2D eigenvalue weighted by molar-refractivity contribution is 7.89. The first-order valence-corrected chi connectivity index (χ1v) is 11.0. The Bertz CT molecular complexity index is 1010. The second-order valence-corrected chi connectivity index (χ2v) is 9.55. The highest BCUT2D eigenvalue weighted by atomic mass is 35.5. The van der Waals surface area contributed by atoms with E-state index in [1.54, 1.807) is 6.07 Å². The molecule has 1 heterocycles. The third kappa shape index (κ3) is 4.74. The van der Waals surface area contributed by atoms with Crippen molar-refractivity contribution in [1.29, 1.82) is 0 Å². The van der Waals surface area contributed by atoms with Crippen LogP contribution in [0, 0.1) is 0 Å². The second-order valence-electron chi connectivity index (χ2n) is 7.15. The largest absolute Gasteiger partial charge is 0.495 e. The summed E-state index contributed by atoms with van der Waals surface area (Å²) in [5, 5.41) is 0.264. The van der Waals surface area contributed by atoms with Crippen molar-refractivity contribution in [2.24, 2.45) is 0 Å². The minimum Gasteiger partial charge on any atom is -0.495 e. The lowest BCUT2D eigenvalue weighted by Crippen LogP contribution is -2.39. The second kappa shape index (κ2) is 8.74. The number of rotatable bonds is 6. The molecular weight excluding hydrogens is 441 g/mol. The standard InChI is InChI=1S/C20H22ClF3N2O3S/c1-25(30(27,28)19-11-15(21)7-8-18(19)29-2)16-9-10-26(13-16)12-14-5-3-4-6-17(14)20(22,23)24/h3-8,11,16H,9-10,12-13H2,1-2H3. The molecule has 0 aliphatic carbocycles. The van der Waals surface area contributed by atoms with Crippen LogP contribution in [0.25, 0.3) is 0 Å². The fourth-order valence-corrected chi connectivity index (χ4v) is 5.42. The topological polar surface area (TPSA) is 49.9 Å². The molecule has 2 aromatic carbocycles. The van der Waals surface area contributed by atoms with Crippen molar-refractivity contribution in [3.05, 3.63) is 58.6 Å². The highest BCUT2D eigenvalue weighted by Crippen LogP contribution is 2.34. The van der Waals surface area contributed by atoms with E-state index in [9.17, 15) is 21.6 Å². The summed E-state index contributed by atoms with van der Waals surface area (Å²) in [6.07, 6.45) is -3.92. The smallest absolute Gasteiger partial charge is 0.416 e. The molecule has 1 aliphatic heterocycles. The van der Waals surface area contributed by atoms with Crippen molar-refractivity contribution in [3.63, 3.8) is 0 Å². The summed E-state index contributed by atoms with van der Waals surface area (Å²) in [4.78, 5) is 1.79. The number of sulfonamides is 1. The Morgan fingerprint density at radius 3 is 2.60 bits per heavy atom. The molecule has 1 unspecified atom stereocenters. The van der Waals surface area contributed by atoms with Crippen LogP contribution in [0.1, 0.15) is 17.5 Å². The molecule has 1 fully saturated rings. The Balaban J connectivity index is 1.77. The number of ether oxygens (including phenoxy) is 1. The van der Waals surface area contributed by atoms with E-state index < -0.39 is 21.8 Å². The molecule has 164 valence electrons. The molecule has 0 radical (unpaired) electrons. The predicted molar refractivity (Wildman–Crippen MR) is 108 cm³/mol. The highest BCUT2D eigenvalue weighted by Gasteiger charge is 2.37. The monoisotopic (exact) mass is 462 g/mol. The minimum absolute atomic E-state index is 0.0409. The van der Waals surface area contributed by atoms with Gasteiger partial charge in [0.15, 0.2) is 0 Å². The van der Waals surface area contributed by atoms with Gasteiger partial charge < -0.3 is 4.74 Å². The van der Waals surface area contributed by atoms with E-state index >= 15 is 0 Å². The summed E-state index contributed by atoms with van der Waals surface area (Å²) in [6.45, 7) is 0.911. The molecule has 1 aliphatic rings. The SMILES string of the molecule is COc1ccc(Cl)cc1S(=O)(=O)N(C)C1CCN(Cc2ccccc2C(F)(F)F)C1. The minimum atomic E-state index is -4.43. The fraction of sp³-hybridized carbons (Fsp3) is 0.400. The Hall–Kier alpha value is -1.81. The number of alkyl halides is 3. The molecule has 0 N–H and O–H groups in total. The number of hydrogen-bond donors (Lipinski definition) is 0. The molecule has 0 bridgehead atoms. The summed E-state index contributed by atoms with van der Waals surface area (Å²) in [5.74, 6) is 0.181. The maximum atomic E-state index is 13.2. The van der Waals surface area contributed by atoms with Gasteiger partial charge in [-0.1, -0.05) is 29.8 Å². The lowest BCUT2D eigenvalue weighted by atomic mass is 10.1. The molecule has 0 saturated carbocycles. The van der Waals surface area contributed by atoms with Gasteiger partial charge in [-0.05, 0) is 36.2 Å². The maximum absolute atomic E-state index is 13.2. The molecule has 1 saturated heterocycles. The first-order chi connectivity index (χ1) is 14.0. The zero-order chi connectivity index (χ0) is 22.1. The number of nitrogens with zero attached hydrogens (tertiary/aromatic N) is 2. The van der Waals surface area contributed by atoms with Gasteiger partial charge in [-0.3, -0.25) is 4.90 Å². The molecule has 0 spiro atoms. The normalized spacial score (nSPS) is 18.2. The van der Waals surface area contributed by atoms with Crippen LogP contribution < -0.4 is 4.74 Å². The zero-order valence-electron chi connectivity index (χ0n) is 16.5. The number of likely N-dealkylation sites (tertiary alicyclic amines) is 1. The van der Waals surface area contributed by atoms with Crippen molar-refractivity contribution in [2.45, 2.75) is 30.1 Å². The Morgan fingerprint density at radius 2 is 1.93 bits per heavy atom. The predicted octanol–water partition coefficient (Wildman–Crippen LogP) is 4.26. The molecular formula is C20H22ClF3N2O3S. The van der Waals surface area contributed by atoms with Crippen LogP contribution >= 0.6 is 11.6 Å². The number of benzene rings is 2. The summed E-state index contributed by atoms with van der Waals surface area (Å²) >= 11 is 5.97. The van der Waals surface area contributed by atoms with Gasteiger partial charge in [-0.25, -0.2) is 8.42 Å². The van der Waals surface area contributed by atoms with Crippen LogP contribution in [-0.4, -0.2) is 50.9 Å². The lowest BCUT2D eigenvalue weighted by Gasteiger charge is -2.25. The van der Waals surface area contributed by atoms with Crippen molar-refractivity contribution in [1.82, 2.24) is 9.21 Å². The van der Waals surface area contributed by atoms with E-state index in [1.165, 1.54) is 48.8 Å². The van der Waals surface area contributed by atoms with Crippen LogP contribution in [0.3, 0.4) is 0 Å². The third-order valence-corrected chi connectivity index (χ3v) is 7.43. The van der Waals surface area contributed by atoms with Gasteiger partial charge in [0.25, 0.3) is 0 Å². The first-order valence-electron chi connectivity index (χ1n) is 9.23. The summed E-state index contributed by atoms with van der Waals surface area (Å²) in [6, 6.07) is 9.42. The molecule has 2 aromatic rings. The first kappa shape index (κ1) is 22.9. The van der Waals surface area contributed by atoms with Gasteiger partial charge in [-0.2, -0.15) is 17.5 Å². The summed E-state index contributed by atoms with van der Waals surface area (Å²) < 4.78 is 72.4. The van der Waals surface area contributed by atoms with Crippen LogP contribution in [0.4, 0.5) is 13.2 Å². The number of hydrogen-bond acceptors (Lipinski definition) is 4. The Labute approximate surface area is 179 Å².